The second kappa shape index (κ2) is 5.46. The van der Waals surface area contributed by atoms with E-state index in [-0.39, 0.29) is 11.4 Å². The third-order valence-corrected chi connectivity index (χ3v) is 3.01. The molecule has 6 heteroatoms. The molecule has 0 radical (unpaired) electrons. The van der Waals surface area contributed by atoms with Gasteiger partial charge >= 0.3 is 0 Å². The SMILES string of the molecule is CCC(C)(C)NC(=O)c1cc(Br)cnc1NN. The van der Waals surface area contributed by atoms with Crippen LogP contribution in [0.5, 0.6) is 0 Å². The molecule has 0 saturated carbocycles. The molecule has 0 aliphatic carbocycles. The minimum absolute atomic E-state index is 0.196. The van der Waals surface area contributed by atoms with E-state index >= 15 is 0 Å². The fraction of sp³-hybridized carbons (Fsp3) is 0.455. The lowest BCUT2D eigenvalue weighted by molar-refractivity contribution is 0.0911. The second-order valence-corrected chi connectivity index (χ2v) is 5.30. The summed E-state index contributed by atoms with van der Waals surface area (Å²) < 4.78 is 0.732. The lowest BCUT2D eigenvalue weighted by Gasteiger charge is -2.24. The lowest BCUT2D eigenvalue weighted by Crippen LogP contribution is -2.43. The summed E-state index contributed by atoms with van der Waals surface area (Å²) >= 11 is 3.28. The Bertz CT molecular complexity index is 420. The van der Waals surface area contributed by atoms with Crippen molar-refractivity contribution in [3.8, 4) is 0 Å². The van der Waals surface area contributed by atoms with Gasteiger partial charge in [0.1, 0.15) is 0 Å². The Hall–Kier alpha value is -1.14. The third kappa shape index (κ3) is 3.67. The predicted molar refractivity (Wildman–Crippen MR) is 71.6 cm³/mol. The number of hydrogen-bond acceptors (Lipinski definition) is 4. The smallest absolute Gasteiger partial charge is 0.255 e. The molecule has 0 unspecified atom stereocenters. The Morgan fingerprint density at radius 3 is 2.76 bits per heavy atom. The van der Waals surface area contributed by atoms with Crippen molar-refractivity contribution in [2.24, 2.45) is 5.84 Å². The van der Waals surface area contributed by atoms with E-state index in [1.54, 1.807) is 12.3 Å². The minimum atomic E-state index is -0.259. The first-order valence-corrected chi connectivity index (χ1v) is 6.13. The van der Waals surface area contributed by atoms with E-state index in [1.165, 1.54) is 0 Å². The topological polar surface area (TPSA) is 80.0 Å². The number of hydrazine groups is 1. The fourth-order valence-corrected chi connectivity index (χ4v) is 1.52. The van der Waals surface area contributed by atoms with Crippen molar-refractivity contribution in [3.05, 3.63) is 22.3 Å². The molecule has 0 atom stereocenters. The molecule has 0 aliphatic heterocycles. The van der Waals surface area contributed by atoms with Crippen molar-refractivity contribution in [1.29, 1.82) is 0 Å². The number of hydrogen-bond donors (Lipinski definition) is 3. The number of carbonyl (C=O) groups is 1. The van der Waals surface area contributed by atoms with Crippen LogP contribution in [-0.2, 0) is 0 Å². The van der Waals surface area contributed by atoms with E-state index in [9.17, 15) is 4.79 Å². The van der Waals surface area contributed by atoms with E-state index in [1.807, 2.05) is 20.8 Å². The zero-order chi connectivity index (χ0) is 13.1. The summed E-state index contributed by atoms with van der Waals surface area (Å²) in [6.07, 6.45) is 2.42. The summed E-state index contributed by atoms with van der Waals surface area (Å²) in [5.74, 6) is 5.49. The maximum Gasteiger partial charge on any atom is 0.255 e. The van der Waals surface area contributed by atoms with E-state index in [0.29, 0.717) is 11.4 Å². The van der Waals surface area contributed by atoms with Gasteiger partial charge in [-0.05, 0) is 42.3 Å². The van der Waals surface area contributed by atoms with Gasteiger partial charge in [0.05, 0.1) is 5.56 Å². The highest BCUT2D eigenvalue weighted by molar-refractivity contribution is 9.10. The first-order chi connectivity index (χ1) is 7.89. The average Bonchev–Trinajstić information content (AvgIpc) is 2.28. The van der Waals surface area contributed by atoms with Crippen molar-refractivity contribution in [3.63, 3.8) is 0 Å². The summed E-state index contributed by atoms with van der Waals surface area (Å²) in [4.78, 5) is 16.1. The normalized spacial score (nSPS) is 11.1. The molecule has 1 aromatic heterocycles. The number of carbonyl (C=O) groups excluding carboxylic acids is 1. The van der Waals surface area contributed by atoms with Crippen LogP contribution in [0.15, 0.2) is 16.7 Å². The summed E-state index contributed by atoms with van der Waals surface area (Å²) in [6, 6.07) is 1.68. The lowest BCUT2D eigenvalue weighted by atomic mass is 10.0. The Labute approximate surface area is 109 Å². The van der Waals surface area contributed by atoms with Crippen LogP contribution < -0.4 is 16.6 Å². The molecule has 1 aromatic rings. The largest absolute Gasteiger partial charge is 0.347 e. The number of nitrogens with one attached hydrogen (secondary N) is 2. The van der Waals surface area contributed by atoms with Gasteiger partial charge in [-0.2, -0.15) is 0 Å². The molecule has 17 heavy (non-hydrogen) atoms. The number of nitrogens with zero attached hydrogens (tertiary/aromatic N) is 1. The van der Waals surface area contributed by atoms with Crippen molar-refractivity contribution >= 4 is 27.7 Å². The van der Waals surface area contributed by atoms with Gasteiger partial charge in [-0.3, -0.25) is 4.79 Å². The molecular weight excluding hydrogens is 284 g/mol. The Morgan fingerprint density at radius 1 is 1.59 bits per heavy atom. The van der Waals surface area contributed by atoms with Gasteiger partial charge in [0.15, 0.2) is 5.82 Å². The molecule has 5 nitrogen and oxygen atoms in total. The van der Waals surface area contributed by atoms with Crippen LogP contribution in [0.25, 0.3) is 0 Å². The first kappa shape index (κ1) is 13.9. The number of nitrogens with two attached hydrogens (primary N) is 1. The van der Waals surface area contributed by atoms with Gasteiger partial charge in [-0.25, -0.2) is 10.8 Å². The number of halogens is 1. The zero-order valence-electron chi connectivity index (χ0n) is 10.2. The maximum atomic E-state index is 12.1. The molecule has 0 aliphatic rings. The third-order valence-electron chi connectivity index (χ3n) is 2.57. The highest BCUT2D eigenvalue weighted by Crippen LogP contribution is 2.18. The van der Waals surface area contributed by atoms with Crippen LogP contribution in [0.2, 0.25) is 0 Å². The molecule has 1 rings (SSSR count). The zero-order valence-corrected chi connectivity index (χ0v) is 11.8. The van der Waals surface area contributed by atoms with E-state index in [4.69, 9.17) is 5.84 Å². The van der Waals surface area contributed by atoms with Gasteiger partial charge in [-0.15, -0.1) is 0 Å². The second-order valence-electron chi connectivity index (χ2n) is 4.39. The van der Waals surface area contributed by atoms with Crippen molar-refractivity contribution in [2.75, 3.05) is 5.43 Å². The highest BCUT2D eigenvalue weighted by Gasteiger charge is 2.21. The molecule has 0 saturated heterocycles. The molecule has 1 heterocycles. The molecule has 4 N–H and O–H groups in total. The number of amides is 1. The van der Waals surface area contributed by atoms with Crippen molar-refractivity contribution < 1.29 is 4.79 Å². The fourth-order valence-electron chi connectivity index (χ4n) is 1.19. The molecule has 94 valence electrons. The number of aromatic nitrogens is 1. The summed E-state index contributed by atoms with van der Waals surface area (Å²) in [6.45, 7) is 5.94. The van der Waals surface area contributed by atoms with Gasteiger partial charge < -0.3 is 10.7 Å². The van der Waals surface area contributed by atoms with Crippen LogP contribution in [-0.4, -0.2) is 16.4 Å². The molecule has 0 bridgehead atoms. The van der Waals surface area contributed by atoms with E-state index in [2.05, 4.69) is 31.7 Å². The highest BCUT2D eigenvalue weighted by atomic mass is 79.9. The molecular formula is C11H17BrN4O. The van der Waals surface area contributed by atoms with E-state index in [0.717, 1.165) is 10.9 Å². The van der Waals surface area contributed by atoms with E-state index < -0.39 is 0 Å². The number of pyridine rings is 1. The van der Waals surface area contributed by atoms with Crippen LogP contribution in [0.4, 0.5) is 5.82 Å². The predicted octanol–water partition coefficient (Wildman–Crippen LogP) is 2.05. The van der Waals surface area contributed by atoms with Gasteiger partial charge in [0.25, 0.3) is 5.91 Å². The van der Waals surface area contributed by atoms with Crippen molar-refractivity contribution in [2.45, 2.75) is 32.7 Å². The first-order valence-electron chi connectivity index (χ1n) is 5.34. The molecule has 0 fully saturated rings. The average molecular weight is 301 g/mol. The van der Waals surface area contributed by atoms with Crippen molar-refractivity contribution in [1.82, 2.24) is 10.3 Å². The van der Waals surface area contributed by atoms with Crippen LogP contribution >= 0.6 is 15.9 Å². The summed E-state index contributed by atoms with van der Waals surface area (Å²) in [5.41, 5.74) is 2.58. The van der Waals surface area contributed by atoms with Gasteiger partial charge in [-0.1, -0.05) is 6.92 Å². The number of anilines is 1. The Morgan fingerprint density at radius 2 is 2.24 bits per heavy atom. The Kier molecular flexibility index (Phi) is 4.47. The van der Waals surface area contributed by atoms with Gasteiger partial charge in [0.2, 0.25) is 0 Å². The summed E-state index contributed by atoms with van der Waals surface area (Å²) in [5, 5.41) is 2.93. The Balaban J connectivity index is 2.99. The monoisotopic (exact) mass is 300 g/mol. The minimum Gasteiger partial charge on any atom is -0.347 e. The molecule has 0 aromatic carbocycles. The van der Waals surface area contributed by atoms with Gasteiger partial charge in [0, 0.05) is 16.2 Å². The quantitative estimate of drug-likeness (QED) is 0.587. The maximum absolute atomic E-state index is 12.1. The number of rotatable bonds is 4. The number of nitrogen functional groups attached to an aromatic ring is 1. The molecule has 1 amide bonds. The standard InChI is InChI=1S/C11H17BrN4O/c1-4-11(2,3)15-10(17)8-5-7(12)6-14-9(8)16-13/h5-6H,4,13H2,1-3H3,(H,14,16)(H,15,17). The van der Waals surface area contributed by atoms with Crippen LogP contribution in [0.1, 0.15) is 37.6 Å². The van der Waals surface area contributed by atoms with Crippen LogP contribution in [0.3, 0.4) is 0 Å². The van der Waals surface area contributed by atoms with Crippen LogP contribution in [0, 0.1) is 0 Å². The molecule has 0 spiro atoms. The summed E-state index contributed by atoms with van der Waals surface area (Å²) in [7, 11) is 0.